The third-order valence-electron chi connectivity index (χ3n) is 2.12. The van der Waals surface area contributed by atoms with Crippen molar-refractivity contribution >= 4 is 29.8 Å². The second kappa shape index (κ2) is 14.8. The van der Waals surface area contributed by atoms with Gasteiger partial charge in [-0.15, -0.1) is 0 Å². The van der Waals surface area contributed by atoms with Gasteiger partial charge in [-0.2, -0.15) is 0 Å². The normalized spacial score (nSPS) is 12.8. The summed E-state index contributed by atoms with van der Waals surface area (Å²) >= 11 is 0. The Labute approximate surface area is 142 Å². The first-order valence-electron chi connectivity index (χ1n) is 6.67. The highest BCUT2D eigenvalue weighted by Gasteiger charge is 2.14. The molecule has 0 spiro atoms. The molecule has 0 heterocycles. The fourth-order valence-corrected chi connectivity index (χ4v) is 0.697. The predicted octanol–water partition coefficient (Wildman–Crippen LogP) is -3.04. The van der Waals surface area contributed by atoms with Gasteiger partial charge in [0.05, 0.1) is 6.42 Å². The molecule has 0 bridgehead atoms. The second-order valence-corrected chi connectivity index (χ2v) is 4.62. The summed E-state index contributed by atoms with van der Waals surface area (Å²) in [7, 11) is 0. The van der Waals surface area contributed by atoms with Gasteiger partial charge < -0.3 is 43.4 Å². The van der Waals surface area contributed by atoms with E-state index in [-0.39, 0.29) is 12.8 Å². The number of amides is 1. The Kier molecular flexibility index (Phi) is 16.0. The second-order valence-electron chi connectivity index (χ2n) is 4.62. The van der Waals surface area contributed by atoms with Gasteiger partial charge in [0.2, 0.25) is 5.91 Å². The van der Waals surface area contributed by atoms with Crippen molar-refractivity contribution in [3.8, 4) is 0 Å². The van der Waals surface area contributed by atoms with E-state index in [0.717, 1.165) is 0 Å². The van der Waals surface area contributed by atoms with Crippen LogP contribution in [0.5, 0.6) is 0 Å². The summed E-state index contributed by atoms with van der Waals surface area (Å²) in [5, 5.41) is 32.1. The SMILES string of the molecule is C[C@H](N)C(=O)O.NC(=O)CC[C@H](N)C(=O)O.N[C@@H](CC(=O)O)C(=O)O. The molecule has 0 aromatic carbocycles. The van der Waals surface area contributed by atoms with Gasteiger partial charge in [0.25, 0.3) is 0 Å². The van der Waals surface area contributed by atoms with Crippen molar-refractivity contribution in [1.29, 1.82) is 0 Å². The minimum Gasteiger partial charge on any atom is -0.481 e. The van der Waals surface area contributed by atoms with Crippen LogP contribution in [-0.2, 0) is 24.0 Å². The Hall–Kier alpha value is -2.77. The van der Waals surface area contributed by atoms with Crippen molar-refractivity contribution in [2.45, 2.75) is 44.3 Å². The molecular formula is C12H24N4O9. The molecule has 0 aliphatic carbocycles. The Balaban J connectivity index is -0.000000300. The predicted molar refractivity (Wildman–Crippen MR) is 83.2 cm³/mol. The number of nitrogens with two attached hydrogens (primary N) is 4. The number of hydrogen-bond donors (Lipinski definition) is 8. The van der Waals surface area contributed by atoms with Crippen LogP contribution in [-0.4, -0.2) is 68.3 Å². The molecule has 0 aromatic rings. The number of carbonyl (C=O) groups excluding carboxylic acids is 1. The van der Waals surface area contributed by atoms with Crippen LogP contribution in [0.1, 0.15) is 26.2 Å². The highest BCUT2D eigenvalue weighted by Crippen LogP contribution is 1.92. The molecule has 0 saturated heterocycles. The average Bonchev–Trinajstić information content (AvgIpc) is 2.44. The lowest BCUT2D eigenvalue weighted by Crippen LogP contribution is -2.32. The third kappa shape index (κ3) is 23.6. The first-order valence-corrected chi connectivity index (χ1v) is 6.67. The first-order chi connectivity index (χ1) is 11.2. The van der Waals surface area contributed by atoms with Crippen molar-refractivity contribution in [1.82, 2.24) is 0 Å². The Bertz CT molecular complexity index is 468. The molecule has 3 atom stereocenters. The Morgan fingerprint density at radius 2 is 1.16 bits per heavy atom. The fourth-order valence-electron chi connectivity index (χ4n) is 0.697. The van der Waals surface area contributed by atoms with Crippen LogP contribution >= 0.6 is 0 Å². The van der Waals surface area contributed by atoms with Gasteiger partial charge in [0, 0.05) is 6.42 Å². The number of carbonyl (C=O) groups is 5. The van der Waals surface area contributed by atoms with E-state index in [0.29, 0.717) is 0 Å². The smallest absolute Gasteiger partial charge is 0.321 e. The molecule has 0 aliphatic heterocycles. The number of carboxylic acids is 4. The molecule has 0 aliphatic rings. The van der Waals surface area contributed by atoms with Crippen LogP contribution < -0.4 is 22.9 Å². The van der Waals surface area contributed by atoms with E-state index in [1.54, 1.807) is 0 Å². The maximum atomic E-state index is 10.1. The molecular weight excluding hydrogens is 344 g/mol. The lowest BCUT2D eigenvalue weighted by atomic mass is 10.2. The van der Waals surface area contributed by atoms with E-state index in [9.17, 15) is 24.0 Å². The zero-order valence-corrected chi connectivity index (χ0v) is 13.5. The number of carboxylic acid groups (broad SMARTS) is 4. The van der Waals surface area contributed by atoms with Crippen LogP contribution in [0.3, 0.4) is 0 Å². The summed E-state index contributed by atoms with van der Waals surface area (Å²) in [6.07, 6.45) is -0.409. The third-order valence-corrected chi connectivity index (χ3v) is 2.12. The van der Waals surface area contributed by atoms with E-state index in [2.05, 4.69) is 0 Å². The van der Waals surface area contributed by atoms with Crippen molar-refractivity contribution in [2.75, 3.05) is 0 Å². The largest absolute Gasteiger partial charge is 0.481 e. The van der Waals surface area contributed by atoms with Gasteiger partial charge >= 0.3 is 23.9 Å². The van der Waals surface area contributed by atoms with Crippen molar-refractivity contribution in [3.05, 3.63) is 0 Å². The summed E-state index contributed by atoms with van der Waals surface area (Å²) in [6, 6.07) is -3.00. The van der Waals surface area contributed by atoms with Crippen LogP contribution in [0.25, 0.3) is 0 Å². The summed E-state index contributed by atoms with van der Waals surface area (Å²) < 4.78 is 0. The molecule has 1 amide bonds. The van der Waals surface area contributed by atoms with Crippen LogP contribution in [0, 0.1) is 0 Å². The standard InChI is InChI=1S/C5H10N2O3.C4H7NO4.C3H7NO2/c6-3(5(9)10)1-2-4(7)8;5-2(4(8)9)1-3(6)7;1-2(4)3(5)6/h3H,1-2,6H2,(H2,7,8)(H,9,10);2H,1,5H2,(H,6,7)(H,8,9);2H,4H2,1H3,(H,5,6)/t3-;2*2-/m000/s1. The Morgan fingerprint density at radius 1 is 0.800 bits per heavy atom. The maximum Gasteiger partial charge on any atom is 0.321 e. The lowest BCUT2D eigenvalue weighted by Gasteiger charge is -2.01. The minimum atomic E-state index is -1.29. The molecule has 0 rings (SSSR count). The highest BCUT2D eigenvalue weighted by atomic mass is 16.4. The maximum absolute atomic E-state index is 10.1. The molecule has 12 N–H and O–H groups in total. The van der Waals surface area contributed by atoms with E-state index in [1.165, 1.54) is 6.92 Å². The van der Waals surface area contributed by atoms with Crippen LogP contribution in [0.2, 0.25) is 0 Å². The molecule has 13 heteroatoms. The van der Waals surface area contributed by atoms with Crippen molar-refractivity contribution in [2.24, 2.45) is 22.9 Å². The quantitative estimate of drug-likeness (QED) is 0.212. The molecule has 25 heavy (non-hydrogen) atoms. The summed E-state index contributed by atoms with van der Waals surface area (Å²) in [5.41, 5.74) is 19.5. The minimum absolute atomic E-state index is 0.0213. The summed E-state index contributed by atoms with van der Waals surface area (Å²) in [6.45, 7) is 1.42. The van der Waals surface area contributed by atoms with E-state index in [1.807, 2.05) is 0 Å². The number of primary amides is 1. The molecule has 0 saturated carbocycles. The van der Waals surface area contributed by atoms with Gasteiger partial charge in [0.1, 0.15) is 18.1 Å². The molecule has 0 fully saturated rings. The van der Waals surface area contributed by atoms with E-state index in [4.69, 9.17) is 43.4 Å². The molecule has 146 valence electrons. The summed E-state index contributed by atoms with van der Waals surface area (Å²) in [4.78, 5) is 49.3. The molecule has 0 aromatic heterocycles. The van der Waals surface area contributed by atoms with Gasteiger partial charge in [-0.3, -0.25) is 24.0 Å². The number of hydrogen-bond acceptors (Lipinski definition) is 8. The summed E-state index contributed by atoms with van der Waals surface area (Å²) in [5.74, 6) is -5.10. The average molecular weight is 368 g/mol. The molecule has 0 radical (unpaired) electrons. The van der Waals surface area contributed by atoms with E-state index < -0.39 is 54.3 Å². The zero-order valence-electron chi connectivity index (χ0n) is 13.5. The van der Waals surface area contributed by atoms with E-state index >= 15 is 0 Å². The first kappa shape index (κ1) is 27.1. The Morgan fingerprint density at radius 3 is 1.32 bits per heavy atom. The van der Waals surface area contributed by atoms with Crippen LogP contribution in [0.4, 0.5) is 0 Å². The lowest BCUT2D eigenvalue weighted by molar-refractivity contribution is -0.144. The topological polar surface area (TPSA) is 270 Å². The van der Waals surface area contributed by atoms with Crippen molar-refractivity contribution < 1.29 is 44.4 Å². The van der Waals surface area contributed by atoms with Gasteiger partial charge in [-0.25, -0.2) is 0 Å². The number of aliphatic carboxylic acids is 4. The molecule has 0 unspecified atom stereocenters. The van der Waals surface area contributed by atoms with Gasteiger partial charge in [-0.1, -0.05) is 0 Å². The number of rotatable bonds is 8. The van der Waals surface area contributed by atoms with Gasteiger partial charge in [0.15, 0.2) is 0 Å². The van der Waals surface area contributed by atoms with Gasteiger partial charge in [-0.05, 0) is 13.3 Å². The zero-order chi connectivity index (χ0) is 20.7. The monoisotopic (exact) mass is 368 g/mol. The fraction of sp³-hybridized carbons (Fsp3) is 0.583. The van der Waals surface area contributed by atoms with Crippen molar-refractivity contribution in [3.63, 3.8) is 0 Å². The van der Waals surface area contributed by atoms with Crippen LogP contribution in [0.15, 0.2) is 0 Å². The highest BCUT2D eigenvalue weighted by molar-refractivity contribution is 5.80. The molecule has 13 nitrogen and oxygen atoms in total.